The number of halogens is 1. The number of carbonyl (C=O) groups excluding carboxylic acids is 1. The van der Waals surface area contributed by atoms with E-state index in [9.17, 15) is 9.59 Å². The second kappa shape index (κ2) is 4.78. The third-order valence-corrected chi connectivity index (χ3v) is 2.93. The summed E-state index contributed by atoms with van der Waals surface area (Å²) in [4.78, 5) is 26.8. The molecule has 16 heavy (non-hydrogen) atoms. The molecular weight excluding hydrogens is 274 g/mol. The molecule has 0 bridgehead atoms. The molecule has 1 aliphatic carbocycles. The van der Waals surface area contributed by atoms with Gasteiger partial charge in [0.05, 0.1) is 6.33 Å². The summed E-state index contributed by atoms with van der Waals surface area (Å²) >= 11 is 3.11. The molecule has 0 spiro atoms. The lowest BCUT2D eigenvalue weighted by Gasteiger charge is -2.05. The lowest BCUT2D eigenvalue weighted by Crippen LogP contribution is -2.28. The Hall–Kier alpha value is -1.17. The van der Waals surface area contributed by atoms with E-state index in [2.05, 4.69) is 26.2 Å². The van der Waals surface area contributed by atoms with Crippen LogP contribution in [0.25, 0.3) is 0 Å². The highest BCUT2D eigenvalue weighted by atomic mass is 79.9. The lowest BCUT2D eigenvalue weighted by atomic mass is 10.4. The summed E-state index contributed by atoms with van der Waals surface area (Å²) in [5, 5.41) is 2.87. The molecule has 0 unspecified atom stereocenters. The number of hydrogen-bond donors (Lipinski definition) is 1. The van der Waals surface area contributed by atoms with Gasteiger partial charge in [-0.05, 0) is 28.8 Å². The maximum Gasteiger partial charge on any atom is 0.267 e. The van der Waals surface area contributed by atoms with Gasteiger partial charge < -0.3 is 5.32 Å². The molecule has 1 aliphatic rings. The topological polar surface area (TPSA) is 64.0 Å². The van der Waals surface area contributed by atoms with E-state index in [0.29, 0.717) is 23.5 Å². The van der Waals surface area contributed by atoms with E-state index >= 15 is 0 Å². The molecule has 86 valence electrons. The minimum Gasteiger partial charge on any atom is -0.353 e. The van der Waals surface area contributed by atoms with Gasteiger partial charge in [-0.2, -0.15) is 0 Å². The van der Waals surface area contributed by atoms with E-state index in [1.54, 1.807) is 0 Å². The Balaban J connectivity index is 1.91. The van der Waals surface area contributed by atoms with Crippen LogP contribution in [0.2, 0.25) is 0 Å². The smallest absolute Gasteiger partial charge is 0.267 e. The van der Waals surface area contributed by atoms with Gasteiger partial charge in [-0.1, -0.05) is 0 Å². The molecule has 0 saturated heterocycles. The van der Waals surface area contributed by atoms with E-state index in [4.69, 9.17) is 0 Å². The fourth-order valence-corrected chi connectivity index (χ4v) is 1.68. The zero-order valence-electron chi connectivity index (χ0n) is 8.65. The number of hydrogen-bond acceptors (Lipinski definition) is 3. The van der Waals surface area contributed by atoms with Crippen LogP contribution in [0.3, 0.4) is 0 Å². The zero-order chi connectivity index (χ0) is 11.5. The highest BCUT2D eigenvalue weighted by Gasteiger charge is 2.22. The molecule has 1 fully saturated rings. The Kier molecular flexibility index (Phi) is 3.38. The number of aryl methyl sites for hydroxylation is 1. The molecular formula is C10H12BrN3O2. The van der Waals surface area contributed by atoms with E-state index in [-0.39, 0.29) is 11.5 Å². The van der Waals surface area contributed by atoms with Crippen LogP contribution in [0.1, 0.15) is 19.3 Å². The minimum absolute atomic E-state index is 0.00521. The molecule has 0 aliphatic heterocycles. The number of nitrogens with one attached hydrogen (secondary N) is 1. The van der Waals surface area contributed by atoms with Crippen molar-refractivity contribution in [2.45, 2.75) is 31.8 Å². The van der Waals surface area contributed by atoms with Crippen molar-refractivity contribution in [2.24, 2.45) is 0 Å². The molecule has 2 rings (SSSR count). The van der Waals surface area contributed by atoms with E-state index in [1.165, 1.54) is 17.1 Å². The first-order chi connectivity index (χ1) is 7.66. The summed E-state index contributed by atoms with van der Waals surface area (Å²) < 4.78 is 1.84. The van der Waals surface area contributed by atoms with Crippen LogP contribution >= 0.6 is 15.9 Å². The van der Waals surface area contributed by atoms with Crippen molar-refractivity contribution in [3.63, 3.8) is 0 Å². The highest BCUT2D eigenvalue weighted by Crippen LogP contribution is 2.18. The van der Waals surface area contributed by atoms with Crippen molar-refractivity contribution >= 4 is 21.8 Å². The van der Waals surface area contributed by atoms with Crippen LogP contribution in [0.15, 0.2) is 21.8 Å². The fourth-order valence-electron chi connectivity index (χ4n) is 1.33. The van der Waals surface area contributed by atoms with Crippen molar-refractivity contribution in [3.05, 3.63) is 27.4 Å². The van der Waals surface area contributed by atoms with Gasteiger partial charge in [0.15, 0.2) is 0 Å². The van der Waals surface area contributed by atoms with Crippen molar-refractivity contribution in [1.29, 1.82) is 0 Å². The highest BCUT2D eigenvalue weighted by molar-refractivity contribution is 9.10. The SMILES string of the molecule is O=C(CCn1cncc(Br)c1=O)NC1CC1. The lowest BCUT2D eigenvalue weighted by molar-refractivity contribution is -0.121. The van der Waals surface area contributed by atoms with Crippen LogP contribution in [-0.4, -0.2) is 21.5 Å². The molecule has 0 radical (unpaired) electrons. The average Bonchev–Trinajstić information content (AvgIpc) is 3.04. The summed E-state index contributed by atoms with van der Waals surface area (Å²) in [5.41, 5.74) is -0.158. The second-order valence-corrected chi connectivity index (χ2v) is 4.69. The second-order valence-electron chi connectivity index (χ2n) is 3.83. The van der Waals surface area contributed by atoms with Crippen LogP contribution in [-0.2, 0) is 11.3 Å². The summed E-state index contributed by atoms with van der Waals surface area (Å²) in [6, 6.07) is 0.366. The van der Waals surface area contributed by atoms with Gasteiger partial charge in [0, 0.05) is 25.2 Å². The van der Waals surface area contributed by atoms with Crippen LogP contribution < -0.4 is 10.9 Å². The predicted molar refractivity (Wildman–Crippen MR) is 62.0 cm³/mol. The van der Waals surface area contributed by atoms with E-state index in [0.717, 1.165) is 12.8 Å². The number of carbonyl (C=O) groups is 1. The average molecular weight is 286 g/mol. The first kappa shape index (κ1) is 11.3. The maximum absolute atomic E-state index is 11.6. The molecule has 1 N–H and O–H groups in total. The van der Waals surface area contributed by atoms with Crippen LogP contribution in [0, 0.1) is 0 Å². The molecule has 0 aromatic carbocycles. The van der Waals surface area contributed by atoms with Crippen molar-refractivity contribution in [2.75, 3.05) is 0 Å². The zero-order valence-corrected chi connectivity index (χ0v) is 10.2. The van der Waals surface area contributed by atoms with Gasteiger partial charge >= 0.3 is 0 Å². The number of nitrogens with zero attached hydrogens (tertiary/aromatic N) is 2. The predicted octanol–water partition coefficient (Wildman–Crippen LogP) is 0.675. The minimum atomic E-state index is -0.158. The van der Waals surface area contributed by atoms with Crippen LogP contribution in [0.5, 0.6) is 0 Å². The third kappa shape index (κ3) is 2.91. The maximum atomic E-state index is 11.6. The Morgan fingerprint density at radius 1 is 1.62 bits per heavy atom. The number of aromatic nitrogens is 2. The van der Waals surface area contributed by atoms with Crippen molar-refractivity contribution in [1.82, 2.24) is 14.9 Å². The molecule has 1 aromatic rings. The molecule has 1 heterocycles. The summed E-state index contributed by atoms with van der Waals surface area (Å²) in [7, 11) is 0. The number of amides is 1. The van der Waals surface area contributed by atoms with E-state index < -0.39 is 0 Å². The Labute approximate surface area is 101 Å². The Bertz CT molecular complexity index is 454. The van der Waals surface area contributed by atoms with Crippen molar-refractivity contribution < 1.29 is 4.79 Å². The molecule has 1 aromatic heterocycles. The fraction of sp³-hybridized carbons (Fsp3) is 0.500. The van der Waals surface area contributed by atoms with E-state index in [1.807, 2.05) is 0 Å². The van der Waals surface area contributed by atoms with Gasteiger partial charge in [0.25, 0.3) is 5.56 Å². The molecule has 0 atom stereocenters. The summed E-state index contributed by atoms with van der Waals surface area (Å²) in [6.07, 6.45) is 5.35. The molecule has 6 heteroatoms. The van der Waals surface area contributed by atoms with Gasteiger partial charge in [-0.15, -0.1) is 0 Å². The molecule has 1 saturated carbocycles. The third-order valence-electron chi connectivity index (χ3n) is 2.38. The largest absolute Gasteiger partial charge is 0.353 e. The van der Waals surface area contributed by atoms with Crippen LogP contribution in [0.4, 0.5) is 0 Å². The summed E-state index contributed by atoms with van der Waals surface area (Å²) in [5.74, 6) is -0.00521. The summed E-state index contributed by atoms with van der Waals surface area (Å²) in [6.45, 7) is 0.365. The van der Waals surface area contributed by atoms with Gasteiger partial charge in [-0.3, -0.25) is 14.2 Å². The van der Waals surface area contributed by atoms with Gasteiger partial charge in [-0.25, -0.2) is 4.98 Å². The van der Waals surface area contributed by atoms with Gasteiger partial charge in [0.1, 0.15) is 4.47 Å². The Morgan fingerprint density at radius 3 is 3.06 bits per heavy atom. The quantitative estimate of drug-likeness (QED) is 0.885. The van der Waals surface area contributed by atoms with Gasteiger partial charge in [0.2, 0.25) is 5.91 Å². The number of rotatable bonds is 4. The van der Waals surface area contributed by atoms with Crippen molar-refractivity contribution in [3.8, 4) is 0 Å². The standard InChI is InChI=1S/C10H12BrN3O2/c11-8-5-12-6-14(10(8)16)4-3-9(15)13-7-1-2-7/h5-7H,1-4H2,(H,13,15). The Morgan fingerprint density at radius 2 is 2.38 bits per heavy atom. The molecule has 1 amide bonds. The normalized spacial score (nSPS) is 14.8. The first-order valence-corrected chi connectivity index (χ1v) is 5.95. The first-order valence-electron chi connectivity index (χ1n) is 5.16. The molecule has 5 nitrogen and oxygen atoms in total. The monoisotopic (exact) mass is 285 g/mol.